The van der Waals surface area contributed by atoms with Crippen LogP contribution in [-0.4, -0.2) is 59.6 Å². The molecule has 1 aliphatic heterocycles. The topological polar surface area (TPSA) is 53.1 Å². The SMILES string of the molecule is CC(=O)N(Cc1cc(C)c(C)cc1N1CCN(C(=O)OC(C)(C)C)CC1)C(C)C. The standard InChI is InChI=1S/C23H37N3O3/c1-16(2)26(19(5)27)15-20-13-17(3)18(4)14-21(20)24-9-11-25(12-10-24)22(28)29-23(6,7)8/h13-14,16H,9-12,15H2,1-8H3. The van der Waals surface area contributed by atoms with Crippen molar-refractivity contribution in [1.29, 1.82) is 0 Å². The molecule has 2 amide bonds. The molecule has 162 valence electrons. The zero-order valence-corrected chi connectivity index (χ0v) is 19.3. The third-order valence-corrected chi connectivity index (χ3v) is 5.34. The van der Waals surface area contributed by atoms with Gasteiger partial charge in [-0.2, -0.15) is 0 Å². The van der Waals surface area contributed by atoms with Crippen molar-refractivity contribution >= 4 is 17.7 Å². The summed E-state index contributed by atoms with van der Waals surface area (Å²) in [5.41, 5.74) is 4.29. The Morgan fingerprint density at radius 3 is 2.10 bits per heavy atom. The summed E-state index contributed by atoms with van der Waals surface area (Å²) in [4.78, 5) is 30.5. The lowest BCUT2D eigenvalue weighted by atomic mass is 10.0. The van der Waals surface area contributed by atoms with Crippen LogP contribution in [0.5, 0.6) is 0 Å². The summed E-state index contributed by atoms with van der Waals surface area (Å²) in [6.07, 6.45) is -0.250. The molecule has 0 aromatic heterocycles. The van der Waals surface area contributed by atoms with Crippen molar-refractivity contribution in [3.8, 4) is 0 Å². The molecule has 0 spiro atoms. The minimum atomic E-state index is -0.484. The van der Waals surface area contributed by atoms with Gasteiger partial charge in [-0.15, -0.1) is 0 Å². The summed E-state index contributed by atoms with van der Waals surface area (Å²) in [6.45, 7) is 18.9. The van der Waals surface area contributed by atoms with E-state index < -0.39 is 5.60 Å². The molecule has 6 nitrogen and oxygen atoms in total. The van der Waals surface area contributed by atoms with E-state index in [2.05, 4.69) is 30.9 Å². The summed E-state index contributed by atoms with van der Waals surface area (Å²) < 4.78 is 5.51. The van der Waals surface area contributed by atoms with E-state index in [-0.39, 0.29) is 18.0 Å². The van der Waals surface area contributed by atoms with Crippen molar-refractivity contribution in [3.05, 3.63) is 28.8 Å². The van der Waals surface area contributed by atoms with Gasteiger partial charge in [0.2, 0.25) is 5.91 Å². The maximum Gasteiger partial charge on any atom is 0.410 e. The molecule has 0 aliphatic carbocycles. The Labute approximate surface area is 175 Å². The fourth-order valence-corrected chi connectivity index (χ4v) is 3.58. The van der Waals surface area contributed by atoms with Gasteiger partial charge in [0.25, 0.3) is 0 Å². The predicted molar refractivity (Wildman–Crippen MR) is 117 cm³/mol. The van der Waals surface area contributed by atoms with E-state index in [1.165, 1.54) is 11.1 Å². The Bertz CT molecular complexity index is 744. The van der Waals surface area contributed by atoms with Crippen molar-refractivity contribution in [2.45, 2.75) is 73.6 Å². The summed E-state index contributed by atoms with van der Waals surface area (Å²) in [5, 5.41) is 0. The van der Waals surface area contributed by atoms with Crippen molar-refractivity contribution in [3.63, 3.8) is 0 Å². The van der Waals surface area contributed by atoms with Crippen LogP contribution >= 0.6 is 0 Å². The number of hydrogen-bond acceptors (Lipinski definition) is 4. The zero-order chi connectivity index (χ0) is 21.9. The van der Waals surface area contributed by atoms with Gasteiger partial charge in [0.05, 0.1) is 0 Å². The number of benzene rings is 1. The predicted octanol–water partition coefficient (Wildman–Crippen LogP) is 4.12. The van der Waals surface area contributed by atoms with E-state index in [4.69, 9.17) is 4.74 Å². The highest BCUT2D eigenvalue weighted by Gasteiger charge is 2.27. The number of piperazine rings is 1. The molecule has 1 heterocycles. The van der Waals surface area contributed by atoms with Gasteiger partial charge in [0, 0.05) is 51.4 Å². The highest BCUT2D eigenvalue weighted by Crippen LogP contribution is 2.28. The maximum absolute atomic E-state index is 12.4. The van der Waals surface area contributed by atoms with Crippen LogP contribution in [-0.2, 0) is 16.1 Å². The smallest absolute Gasteiger partial charge is 0.410 e. The molecule has 1 aromatic rings. The van der Waals surface area contributed by atoms with E-state index >= 15 is 0 Å². The first-order chi connectivity index (χ1) is 13.4. The van der Waals surface area contributed by atoms with Crippen molar-refractivity contribution in [2.24, 2.45) is 0 Å². The molecule has 1 saturated heterocycles. The van der Waals surface area contributed by atoms with Crippen LogP contribution in [0.1, 0.15) is 58.2 Å². The highest BCUT2D eigenvalue weighted by atomic mass is 16.6. The Hall–Kier alpha value is -2.24. The number of carbonyl (C=O) groups excluding carboxylic acids is 2. The molecule has 1 aromatic carbocycles. The number of hydrogen-bond donors (Lipinski definition) is 0. The van der Waals surface area contributed by atoms with Crippen LogP contribution in [0.15, 0.2) is 12.1 Å². The molecule has 1 aliphatic rings. The molecule has 0 N–H and O–H groups in total. The molecule has 0 radical (unpaired) electrons. The molecule has 0 saturated carbocycles. The van der Waals surface area contributed by atoms with E-state index in [0.29, 0.717) is 19.6 Å². The number of amides is 2. The summed E-state index contributed by atoms with van der Waals surface area (Å²) in [7, 11) is 0. The molecular weight excluding hydrogens is 366 g/mol. The van der Waals surface area contributed by atoms with Gasteiger partial charge in [-0.05, 0) is 71.2 Å². The van der Waals surface area contributed by atoms with Crippen molar-refractivity contribution in [1.82, 2.24) is 9.80 Å². The highest BCUT2D eigenvalue weighted by molar-refractivity contribution is 5.74. The van der Waals surface area contributed by atoms with E-state index in [0.717, 1.165) is 24.3 Å². The van der Waals surface area contributed by atoms with Crippen LogP contribution in [0.25, 0.3) is 0 Å². The van der Waals surface area contributed by atoms with Crippen molar-refractivity contribution < 1.29 is 14.3 Å². The summed E-state index contributed by atoms with van der Waals surface area (Å²) in [6, 6.07) is 4.56. The lowest BCUT2D eigenvalue weighted by Gasteiger charge is -2.38. The van der Waals surface area contributed by atoms with Gasteiger partial charge in [0.15, 0.2) is 0 Å². The lowest BCUT2D eigenvalue weighted by molar-refractivity contribution is -0.131. The van der Waals surface area contributed by atoms with Crippen LogP contribution < -0.4 is 4.90 Å². The Morgan fingerprint density at radius 2 is 1.62 bits per heavy atom. The number of rotatable bonds is 4. The van der Waals surface area contributed by atoms with E-state index in [9.17, 15) is 9.59 Å². The molecule has 0 bridgehead atoms. The second kappa shape index (κ2) is 9.06. The second-order valence-corrected chi connectivity index (χ2v) is 9.26. The van der Waals surface area contributed by atoms with Gasteiger partial charge in [0.1, 0.15) is 5.60 Å². The normalized spacial score (nSPS) is 14.9. The largest absolute Gasteiger partial charge is 0.444 e. The summed E-state index contributed by atoms with van der Waals surface area (Å²) in [5.74, 6) is 0.0823. The number of anilines is 1. The first kappa shape index (κ1) is 23.0. The van der Waals surface area contributed by atoms with Gasteiger partial charge in [-0.3, -0.25) is 4.79 Å². The molecule has 2 rings (SSSR count). The Morgan fingerprint density at radius 1 is 1.07 bits per heavy atom. The quantitative estimate of drug-likeness (QED) is 0.759. The van der Waals surface area contributed by atoms with Crippen LogP contribution in [0.3, 0.4) is 0 Å². The molecular formula is C23H37N3O3. The average Bonchev–Trinajstić information content (AvgIpc) is 2.60. The lowest BCUT2D eigenvalue weighted by Crippen LogP contribution is -2.50. The fraction of sp³-hybridized carbons (Fsp3) is 0.652. The molecule has 0 atom stereocenters. The van der Waals surface area contributed by atoms with Gasteiger partial charge < -0.3 is 19.4 Å². The number of aryl methyl sites for hydroxylation is 2. The Balaban J connectivity index is 2.19. The summed E-state index contributed by atoms with van der Waals surface area (Å²) >= 11 is 0. The van der Waals surface area contributed by atoms with Gasteiger partial charge >= 0.3 is 6.09 Å². The third kappa shape index (κ3) is 6.12. The number of carbonyl (C=O) groups is 2. The van der Waals surface area contributed by atoms with Crippen LogP contribution in [0, 0.1) is 13.8 Å². The first-order valence-corrected chi connectivity index (χ1v) is 10.5. The maximum atomic E-state index is 12.4. The monoisotopic (exact) mass is 403 g/mol. The number of nitrogens with zero attached hydrogens (tertiary/aromatic N) is 3. The molecule has 6 heteroatoms. The van der Waals surface area contributed by atoms with Gasteiger partial charge in [-0.25, -0.2) is 4.79 Å². The Kier molecular flexibility index (Phi) is 7.20. The van der Waals surface area contributed by atoms with Gasteiger partial charge in [-0.1, -0.05) is 6.07 Å². The first-order valence-electron chi connectivity index (χ1n) is 10.5. The third-order valence-electron chi connectivity index (χ3n) is 5.34. The zero-order valence-electron chi connectivity index (χ0n) is 19.3. The molecule has 29 heavy (non-hydrogen) atoms. The minimum absolute atomic E-state index is 0.0823. The van der Waals surface area contributed by atoms with Crippen LogP contribution in [0.2, 0.25) is 0 Å². The van der Waals surface area contributed by atoms with E-state index in [1.54, 1.807) is 11.8 Å². The average molecular weight is 404 g/mol. The molecule has 0 unspecified atom stereocenters. The fourth-order valence-electron chi connectivity index (χ4n) is 3.58. The second-order valence-electron chi connectivity index (χ2n) is 9.26. The van der Waals surface area contributed by atoms with E-state index in [1.807, 2.05) is 39.5 Å². The minimum Gasteiger partial charge on any atom is -0.444 e. The number of ether oxygens (including phenoxy) is 1. The van der Waals surface area contributed by atoms with Crippen LogP contribution in [0.4, 0.5) is 10.5 Å². The van der Waals surface area contributed by atoms with Crippen molar-refractivity contribution in [2.75, 3.05) is 31.1 Å². The molecule has 1 fully saturated rings.